The van der Waals surface area contributed by atoms with Gasteiger partial charge >= 0.3 is 5.97 Å². The molecule has 0 saturated heterocycles. The van der Waals surface area contributed by atoms with E-state index in [0.29, 0.717) is 28.0 Å². The van der Waals surface area contributed by atoms with E-state index in [1.54, 1.807) is 36.4 Å². The summed E-state index contributed by atoms with van der Waals surface area (Å²) in [6.07, 6.45) is 0. The first-order valence-electron chi connectivity index (χ1n) is 9.11. The van der Waals surface area contributed by atoms with Crippen LogP contribution in [0.15, 0.2) is 72.8 Å². The van der Waals surface area contributed by atoms with Gasteiger partial charge in [-0.3, -0.25) is 0 Å². The van der Waals surface area contributed by atoms with Crippen molar-refractivity contribution in [1.82, 2.24) is 20.2 Å². The van der Waals surface area contributed by atoms with Crippen molar-refractivity contribution in [1.29, 1.82) is 0 Å². The Kier molecular flexibility index (Phi) is 6.07. The average Bonchev–Trinajstić information content (AvgIpc) is 3.21. The van der Waals surface area contributed by atoms with E-state index in [1.165, 1.54) is 4.80 Å². The number of benzene rings is 3. The Morgan fingerprint density at radius 2 is 1.57 bits per heavy atom. The van der Waals surface area contributed by atoms with Crippen LogP contribution in [0.4, 0.5) is 0 Å². The van der Waals surface area contributed by atoms with Crippen molar-refractivity contribution in [2.75, 3.05) is 0 Å². The lowest BCUT2D eigenvalue weighted by atomic mass is 10.1. The maximum absolute atomic E-state index is 12.3. The van der Waals surface area contributed by atoms with Gasteiger partial charge in [0, 0.05) is 15.6 Å². The maximum Gasteiger partial charge on any atom is 0.338 e. The molecular weight excluding hydrogens is 423 g/mol. The van der Waals surface area contributed by atoms with Crippen molar-refractivity contribution in [3.8, 4) is 11.4 Å². The Labute approximate surface area is 183 Å². The fraction of sp³-hybridized carbons (Fsp3) is 0.0909. The largest absolute Gasteiger partial charge is 0.457 e. The summed E-state index contributed by atoms with van der Waals surface area (Å²) < 4.78 is 5.34. The van der Waals surface area contributed by atoms with Crippen molar-refractivity contribution >= 4 is 29.2 Å². The number of aromatic nitrogens is 4. The van der Waals surface area contributed by atoms with Crippen molar-refractivity contribution < 1.29 is 9.53 Å². The van der Waals surface area contributed by atoms with E-state index in [0.717, 1.165) is 16.7 Å². The molecule has 8 heteroatoms. The highest BCUT2D eigenvalue weighted by Crippen LogP contribution is 2.17. The zero-order valence-electron chi connectivity index (χ0n) is 15.7. The number of nitrogens with zero attached hydrogens (tertiary/aromatic N) is 4. The van der Waals surface area contributed by atoms with Gasteiger partial charge in [0.25, 0.3) is 0 Å². The van der Waals surface area contributed by atoms with E-state index in [-0.39, 0.29) is 6.61 Å². The van der Waals surface area contributed by atoms with E-state index >= 15 is 0 Å². The number of rotatable bonds is 6. The van der Waals surface area contributed by atoms with Gasteiger partial charge in [0.15, 0.2) is 0 Å². The summed E-state index contributed by atoms with van der Waals surface area (Å²) in [5.41, 5.74) is 2.99. The third kappa shape index (κ3) is 5.03. The molecule has 1 heterocycles. The monoisotopic (exact) mass is 438 g/mol. The second-order valence-corrected chi connectivity index (χ2v) is 7.43. The Morgan fingerprint density at radius 3 is 2.27 bits per heavy atom. The van der Waals surface area contributed by atoms with Crippen molar-refractivity contribution in [3.63, 3.8) is 0 Å². The summed E-state index contributed by atoms with van der Waals surface area (Å²) in [5, 5.41) is 13.8. The minimum atomic E-state index is -0.418. The van der Waals surface area contributed by atoms with Crippen LogP contribution in [0, 0.1) is 0 Å². The van der Waals surface area contributed by atoms with E-state index < -0.39 is 5.97 Å². The third-order valence-electron chi connectivity index (χ3n) is 4.30. The number of halogens is 2. The van der Waals surface area contributed by atoms with Crippen LogP contribution in [0.2, 0.25) is 10.0 Å². The van der Waals surface area contributed by atoms with E-state index in [4.69, 9.17) is 27.9 Å². The SMILES string of the molecule is O=C(OCc1cccc(Cl)c1)c1ccc(-c2nnn(Cc3cccc(Cl)c3)n2)cc1. The molecule has 0 N–H and O–H groups in total. The van der Waals surface area contributed by atoms with E-state index in [1.807, 2.05) is 36.4 Å². The molecule has 0 aliphatic rings. The number of carbonyl (C=O) groups is 1. The first kappa shape index (κ1) is 20.1. The summed E-state index contributed by atoms with van der Waals surface area (Å²) >= 11 is 11.9. The minimum Gasteiger partial charge on any atom is -0.457 e. The normalized spacial score (nSPS) is 10.7. The van der Waals surface area contributed by atoms with Gasteiger partial charge in [0.2, 0.25) is 5.82 Å². The van der Waals surface area contributed by atoms with Gasteiger partial charge in [0.1, 0.15) is 6.61 Å². The standard InChI is InChI=1S/C22H16Cl2N4O2/c23-19-5-1-3-15(11-19)13-28-26-21(25-27-28)17-7-9-18(10-8-17)22(29)30-14-16-4-2-6-20(24)12-16/h1-12H,13-14H2. The minimum absolute atomic E-state index is 0.153. The Bertz CT molecular complexity index is 1180. The molecule has 0 fully saturated rings. The number of tetrazole rings is 1. The number of ether oxygens (including phenoxy) is 1. The molecule has 150 valence electrons. The predicted octanol–water partition coefficient (Wildman–Crippen LogP) is 5.05. The zero-order chi connectivity index (χ0) is 20.9. The fourth-order valence-electron chi connectivity index (χ4n) is 2.84. The van der Waals surface area contributed by atoms with Crippen LogP contribution in [0.25, 0.3) is 11.4 Å². The van der Waals surface area contributed by atoms with Crippen molar-refractivity contribution in [2.24, 2.45) is 0 Å². The first-order valence-corrected chi connectivity index (χ1v) is 9.87. The molecule has 0 aliphatic carbocycles. The summed E-state index contributed by atoms with van der Waals surface area (Å²) in [6.45, 7) is 0.613. The second-order valence-electron chi connectivity index (χ2n) is 6.56. The van der Waals surface area contributed by atoms with Gasteiger partial charge in [-0.1, -0.05) is 59.6 Å². The molecular formula is C22H16Cl2N4O2. The topological polar surface area (TPSA) is 69.9 Å². The Balaban J connectivity index is 1.39. The molecule has 0 aliphatic heterocycles. The molecule has 0 saturated carbocycles. The smallest absolute Gasteiger partial charge is 0.338 e. The molecule has 6 nitrogen and oxygen atoms in total. The zero-order valence-corrected chi connectivity index (χ0v) is 17.2. The molecule has 0 unspecified atom stereocenters. The maximum atomic E-state index is 12.3. The van der Waals surface area contributed by atoms with Crippen LogP contribution in [-0.4, -0.2) is 26.2 Å². The summed E-state index contributed by atoms with van der Waals surface area (Å²) in [5.74, 6) is 0.0509. The van der Waals surface area contributed by atoms with Gasteiger partial charge in [-0.05, 0) is 52.7 Å². The van der Waals surface area contributed by atoms with Crippen LogP contribution in [0.3, 0.4) is 0 Å². The first-order chi connectivity index (χ1) is 14.6. The quantitative estimate of drug-likeness (QED) is 0.393. The molecule has 0 radical (unpaired) electrons. The van der Waals surface area contributed by atoms with Gasteiger partial charge < -0.3 is 4.74 Å². The molecule has 0 atom stereocenters. The summed E-state index contributed by atoms with van der Waals surface area (Å²) in [7, 11) is 0. The lowest BCUT2D eigenvalue weighted by Gasteiger charge is -2.06. The van der Waals surface area contributed by atoms with Gasteiger partial charge in [-0.2, -0.15) is 4.80 Å². The molecule has 4 aromatic rings. The third-order valence-corrected chi connectivity index (χ3v) is 4.77. The average molecular weight is 439 g/mol. The summed E-state index contributed by atoms with van der Waals surface area (Å²) in [6, 6.07) is 21.5. The lowest BCUT2D eigenvalue weighted by molar-refractivity contribution is 0.0472. The van der Waals surface area contributed by atoms with Crippen molar-refractivity contribution in [3.05, 3.63) is 99.5 Å². The molecule has 0 spiro atoms. The predicted molar refractivity (Wildman–Crippen MR) is 114 cm³/mol. The Hall–Kier alpha value is -3.22. The number of esters is 1. The molecule has 1 aromatic heterocycles. The van der Waals surface area contributed by atoms with Crippen molar-refractivity contribution in [2.45, 2.75) is 13.2 Å². The lowest BCUT2D eigenvalue weighted by Crippen LogP contribution is -2.05. The molecule has 3 aromatic carbocycles. The molecule has 4 rings (SSSR count). The highest BCUT2D eigenvalue weighted by atomic mass is 35.5. The van der Waals surface area contributed by atoms with Crippen LogP contribution in [0.5, 0.6) is 0 Å². The second kappa shape index (κ2) is 9.07. The number of carbonyl (C=O) groups excluding carboxylic acids is 1. The van der Waals surface area contributed by atoms with Crippen LogP contribution < -0.4 is 0 Å². The van der Waals surface area contributed by atoms with Crippen LogP contribution in [-0.2, 0) is 17.9 Å². The van der Waals surface area contributed by atoms with E-state index in [9.17, 15) is 4.79 Å². The number of hydrogen-bond acceptors (Lipinski definition) is 5. The molecule has 30 heavy (non-hydrogen) atoms. The molecule has 0 bridgehead atoms. The van der Waals surface area contributed by atoms with Gasteiger partial charge in [-0.25, -0.2) is 4.79 Å². The number of hydrogen-bond donors (Lipinski definition) is 0. The Morgan fingerprint density at radius 1 is 0.900 bits per heavy atom. The van der Waals surface area contributed by atoms with Gasteiger partial charge in [0.05, 0.1) is 12.1 Å². The fourth-order valence-corrected chi connectivity index (χ4v) is 3.26. The highest BCUT2D eigenvalue weighted by molar-refractivity contribution is 6.30. The van der Waals surface area contributed by atoms with Crippen LogP contribution >= 0.6 is 23.2 Å². The summed E-state index contributed by atoms with van der Waals surface area (Å²) in [4.78, 5) is 13.8. The molecule has 0 amide bonds. The van der Waals surface area contributed by atoms with Crippen LogP contribution in [0.1, 0.15) is 21.5 Å². The van der Waals surface area contributed by atoms with E-state index in [2.05, 4.69) is 15.4 Å². The van der Waals surface area contributed by atoms with Gasteiger partial charge in [-0.15, -0.1) is 10.2 Å². The highest BCUT2D eigenvalue weighted by Gasteiger charge is 2.11.